The molecule has 1 unspecified atom stereocenters. The fourth-order valence-corrected chi connectivity index (χ4v) is 5.03. The summed E-state index contributed by atoms with van der Waals surface area (Å²) in [6.45, 7) is 3.20. The first-order valence-electron chi connectivity index (χ1n) is 7.66. The van der Waals surface area contributed by atoms with Crippen molar-refractivity contribution < 1.29 is 8.42 Å². The summed E-state index contributed by atoms with van der Waals surface area (Å²) in [4.78, 5) is 8.99. The molecule has 2 fully saturated rings. The lowest BCUT2D eigenvalue weighted by atomic mass is 10.1. The Balaban J connectivity index is 0.00000192. The van der Waals surface area contributed by atoms with Crippen LogP contribution in [0.5, 0.6) is 0 Å². The molecule has 1 aromatic rings. The Morgan fingerprint density at radius 2 is 2.22 bits per heavy atom. The van der Waals surface area contributed by atoms with Crippen molar-refractivity contribution in [3.8, 4) is 0 Å². The van der Waals surface area contributed by atoms with Crippen LogP contribution >= 0.6 is 35.3 Å². The molecule has 1 aliphatic carbocycles. The number of aryl methyl sites for hydroxylation is 1. The van der Waals surface area contributed by atoms with E-state index >= 15 is 0 Å². The van der Waals surface area contributed by atoms with Gasteiger partial charge in [0.25, 0.3) is 0 Å². The van der Waals surface area contributed by atoms with Gasteiger partial charge in [-0.05, 0) is 32.1 Å². The third-order valence-corrected chi connectivity index (χ3v) is 6.63. The summed E-state index contributed by atoms with van der Waals surface area (Å²) in [5.74, 6) is 1.58. The molecule has 1 atom stereocenters. The summed E-state index contributed by atoms with van der Waals surface area (Å²) in [6, 6.07) is 0.511. The average molecular weight is 470 g/mol. The quantitative estimate of drug-likeness (QED) is 0.389. The van der Waals surface area contributed by atoms with Crippen molar-refractivity contribution >= 4 is 51.1 Å². The van der Waals surface area contributed by atoms with Gasteiger partial charge in [0.2, 0.25) is 0 Å². The van der Waals surface area contributed by atoms with Crippen LogP contribution in [0, 0.1) is 12.8 Å². The number of nitrogens with one attached hydrogen (secondary N) is 2. The SMILES string of the molecule is Cc1csc(CN=C(NCC2CCS(=O)(=O)C2)NC2CC2)n1.I. The lowest BCUT2D eigenvalue weighted by molar-refractivity contribution is 0.566. The molecule has 6 nitrogen and oxygen atoms in total. The molecular weight excluding hydrogens is 447 g/mol. The molecule has 1 aliphatic heterocycles. The molecule has 0 spiro atoms. The topological polar surface area (TPSA) is 83.5 Å². The summed E-state index contributed by atoms with van der Waals surface area (Å²) in [6.07, 6.45) is 3.10. The van der Waals surface area contributed by atoms with E-state index in [-0.39, 0.29) is 29.9 Å². The van der Waals surface area contributed by atoms with E-state index < -0.39 is 9.84 Å². The number of halogens is 1. The van der Waals surface area contributed by atoms with Crippen LogP contribution in [-0.2, 0) is 16.4 Å². The number of aliphatic imine (C=N–C) groups is 1. The van der Waals surface area contributed by atoms with Crippen LogP contribution in [0.15, 0.2) is 10.4 Å². The first-order chi connectivity index (χ1) is 10.5. The van der Waals surface area contributed by atoms with Crippen molar-refractivity contribution in [1.29, 1.82) is 0 Å². The largest absolute Gasteiger partial charge is 0.356 e. The molecule has 2 heterocycles. The van der Waals surface area contributed by atoms with E-state index in [4.69, 9.17) is 0 Å². The van der Waals surface area contributed by atoms with Gasteiger partial charge in [0.15, 0.2) is 15.8 Å². The lowest BCUT2D eigenvalue weighted by Crippen LogP contribution is -2.41. The Bertz CT molecular complexity index is 655. The van der Waals surface area contributed by atoms with Gasteiger partial charge >= 0.3 is 0 Å². The Morgan fingerprint density at radius 1 is 1.43 bits per heavy atom. The predicted octanol–water partition coefficient (Wildman–Crippen LogP) is 1.70. The maximum absolute atomic E-state index is 11.5. The summed E-state index contributed by atoms with van der Waals surface area (Å²) < 4.78 is 23.0. The second-order valence-corrected chi connectivity index (χ2v) is 9.29. The molecule has 2 aliphatic rings. The van der Waals surface area contributed by atoms with Crippen molar-refractivity contribution in [3.63, 3.8) is 0 Å². The monoisotopic (exact) mass is 470 g/mol. The molecule has 0 amide bonds. The smallest absolute Gasteiger partial charge is 0.191 e. The van der Waals surface area contributed by atoms with E-state index in [0.717, 1.165) is 23.1 Å². The zero-order valence-corrected chi connectivity index (χ0v) is 17.1. The first kappa shape index (κ1) is 18.9. The van der Waals surface area contributed by atoms with Crippen molar-refractivity contribution in [2.24, 2.45) is 10.9 Å². The fraction of sp³-hybridized carbons (Fsp3) is 0.714. The highest BCUT2D eigenvalue weighted by Crippen LogP contribution is 2.19. The Labute approximate surface area is 158 Å². The minimum Gasteiger partial charge on any atom is -0.356 e. The van der Waals surface area contributed by atoms with Gasteiger partial charge in [-0.15, -0.1) is 35.3 Å². The molecule has 3 rings (SSSR count). The van der Waals surface area contributed by atoms with Gasteiger partial charge in [0.05, 0.1) is 18.1 Å². The van der Waals surface area contributed by atoms with Gasteiger partial charge in [-0.1, -0.05) is 0 Å². The number of aromatic nitrogens is 1. The highest BCUT2D eigenvalue weighted by Gasteiger charge is 2.28. The van der Waals surface area contributed by atoms with Crippen molar-refractivity contribution in [1.82, 2.24) is 15.6 Å². The summed E-state index contributed by atoms with van der Waals surface area (Å²) in [7, 11) is -2.82. The van der Waals surface area contributed by atoms with Crippen LogP contribution in [0.4, 0.5) is 0 Å². The minimum atomic E-state index is -2.82. The number of hydrogen-bond acceptors (Lipinski definition) is 5. The minimum absolute atomic E-state index is 0. The zero-order valence-electron chi connectivity index (χ0n) is 13.1. The molecule has 130 valence electrons. The predicted molar refractivity (Wildman–Crippen MR) is 104 cm³/mol. The lowest BCUT2D eigenvalue weighted by Gasteiger charge is -2.14. The Morgan fingerprint density at radius 3 is 2.78 bits per heavy atom. The number of rotatable bonds is 5. The Kier molecular flexibility index (Phi) is 6.66. The van der Waals surface area contributed by atoms with Gasteiger partial charge in [-0.25, -0.2) is 18.4 Å². The molecule has 1 saturated carbocycles. The van der Waals surface area contributed by atoms with Gasteiger partial charge in [-0.3, -0.25) is 0 Å². The van der Waals surface area contributed by atoms with Crippen LogP contribution in [0.3, 0.4) is 0 Å². The van der Waals surface area contributed by atoms with Gasteiger partial charge in [0, 0.05) is 23.7 Å². The van der Waals surface area contributed by atoms with Crippen LogP contribution in [0.25, 0.3) is 0 Å². The van der Waals surface area contributed by atoms with E-state index in [1.165, 1.54) is 12.8 Å². The van der Waals surface area contributed by atoms with Crippen molar-refractivity contribution in [2.75, 3.05) is 18.1 Å². The van der Waals surface area contributed by atoms with Gasteiger partial charge in [0.1, 0.15) is 5.01 Å². The molecule has 0 bridgehead atoms. The van der Waals surface area contributed by atoms with Crippen LogP contribution in [-0.4, -0.2) is 43.5 Å². The van der Waals surface area contributed by atoms with E-state index in [1.807, 2.05) is 12.3 Å². The number of guanidine groups is 1. The van der Waals surface area contributed by atoms with Crippen molar-refractivity contribution in [3.05, 3.63) is 16.1 Å². The van der Waals surface area contributed by atoms with Crippen LogP contribution < -0.4 is 10.6 Å². The third-order valence-electron chi connectivity index (χ3n) is 3.84. The van der Waals surface area contributed by atoms with E-state index in [0.29, 0.717) is 30.6 Å². The molecule has 2 N–H and O–H groups in total. The third kappa shape index (κ3) is 6.18. The van der Waals surface area contributed by atoms with E-state index in [9.17, 15) is 8.42 Å². The molecule has 1 saturated heterocycles. The summed E-state index contributed by atoms with van der Waals surface area (Å²) in [5, 5.41) is 9.70. The highest BCUT2D eigenvalue weighted by molar-refractivity contribution is 14.0. The molecule has 9 heteroatoms. The number of sulfone groups is 1. The summed E-state index contributed by atoms with van der Waals surface area (Å²) in [5.41, 5.74) is 1.02. The highest BCUT2D eigenvalue weighted by atomic mass is 127. The van der Waals surface area contributed by atoms with Crippen molar-refractivity contribution in [2.45, 2.75) is 38.8 Å². The zero-order chi connectivity index (χ0) is 15.6. The van der Waals surface area contributed by atoms with Gasteiger partial charge in [-0.2, -0.15) is 0 Å². The Hall–Kier alpha value is -0.420. The van der Waals surface area contributed by atoms with E-state index in [2.05, 4.69) is 20.6 Å². The average Bonchev–Trinajstić information content (AvgIpc) is 3.07. The molecule has 1 aromatic heterocycles. The first-order valence-corrected chi connectivity index (χ1v) is 10.4. The van der Waals surface area contributed by atoms with E-state index in [1.54, 1.807) is 11.3 Å². The number of hydrogen-bond donors (Lipinski definition) is 2. The van der Waals surface area contributed by atoms with Crippen LogP contribution in [0.1, 0.15) is 30.0 Å². The number of nitrogens with zero attached hydrogens (tertiary/aromatic N) is 2. The fourth-order valence-electron chi connectivity index (χ4n) is 2.47. The summed E-state index contributed by atoms with van der Waals surface area (Å²) >= 11 is 1.62. The number of thiazole rings is 1. The van der Waals surface area contributed by atoms with Crippen LogP contribution in [0.2, 0.25) is 0 Å². The standard InChI is InChI=1S/C14H22N4O2S2.HI/c1-10-8-21-13(17-10)7-16-14(18-12-2-3-12)15-6-11-4-5-22(19,20)9-11;/h8,11-12H,2-7,9H2,1H3,(H2,15,16,18);1H. The maximum atomic E-state index is 11.5. The molecule has 0 radical (unpaired) electrons. The molecule has 23 heavy (non-hydrogen) atoms. The molecular formula is C14H23IN4O2S2. The normalized spacial score (nSPS) is 23.3. The molecule has 0 aromatic carbocycles. The van der Waals surface area contributed by atoms with Gasteiger partial charge < -0.3 is 10.6 Å². The maximum Gasteiger partial charge on any atom is 0.191 e. The second kappa shape index (κ2) is 8.11. The second-order valence-electron chi connectivity index (χ2n) is 6.12.